The minimum atomic E-state index is -0.727. The Morgan fingerprint density at radius 3 is 2.76 bits per heavy atom. The molecule has 1 aromatic rings. The number of nitro groups is 1. The largest absolute Gasteiger partial charge is 0.502 e. The molecule has 0 saturated heterocycles. The number of benzene rings is 1. The number of hydrogen-bond acceptors (Lipinski definition) is 5. The zero-order chi connectivity index (χ0) is 15.8. The van der Waals surface area contributed by atoms with Crippen LogP contribution >= 0.6 is 0 Å². The fourth-order valence-corrected chi connectivity index (χ4v) is 1.71. The summed E-state index contributed by atoms with van der Waals surface area (Å²) in [5.41, 5.74) is -0.574. The first-order chi connectivity index (χ1) is 9.93. The molecule has 7 heteroatoms. The second kappa shape index (κ2) is 8.21. The van der Waals surface area contributed by atoms with Gasteiger partial charge in [-0.25, -0.2) is 0 Å². The Morgan fingerprint density at radius 1 is 1.43 bits per heavy atom. The van der Waals surface area contributed by atoms with Gasteiger partial charge in [0, 0.05) is 19.2 Å². The second-order valence-corrected chi connectivity index (χ2v) is 4.81. The van der Waals surface area contributed by atoms with Crippen LogP contribution in [0.5, 0.6) is 5.75 Å². The number of nitro benzene ring substituents is 1. The third-order valence-electron chi connectivity index (χ3n) is 2.76. The normalized spacial score (nSPS) is 10.6. The highest BCUT2D eigenvalue weighted by Gasteiger charge is 2.20. The molecular weight excluding hydrogens is 276 g/mol. The number of carbonyl (C=O) groups is 1. The van der Waals surface area contributed by atoms with Crippen molar-refractivity contribution >= 4 is 11.6 Å². The van der Waals surface area contributed by atoms with E-state index in [1.807, 2.05) is 13.8 Å². The zero-order valence-electron chi connectivity index (χ0n) is 12.2. The first kappa shape index (κ1) is 16.9. The summed E-state index contributed by atoms with van der Waals surface area (Å²) in [5, 5.41) is 23.0. The molecule has 0 unspecified atom stereocenters. The van der Waals surface area contributed by atoms with E-state index >= 15 is 0 Å². The molecule has 116 valence electrons. The molecule has 0 bridgehead atoms. The number of amides is 1. The van der Waals surface area contributed by atoms with E-state index < -0.39 is 22.3 Å². The monoisotopic (exact) mass is 296 g/mol. The molecule has 0 atom stereocenters. The molecule has 1 aromatic carbocycles. The molecule has 1 amide bonds. The van der Waals surface area contributed by atoms with Gasteiger partial charge in [-0.15, -0.1) is 0 Å². The maximum atomic E-state index is 11.9. The molecule has 1 rings (SSSR count). The van der Waals surface area contributed by atoms with Crippen molar-refractivity contribution in [2.24, 2.45) is 0 Å². The summed E-state index contributed by atoms with van der Waals surface area (Å²) >= 11 is 0. The molecule has 7 nitrogen and oxygen atoms in total. The molecule has 0 aliphatic heterocycles. The molecular formula is C14H20N2O5. The van der Waals surface area contributed by atoms with Crippen molar-refractivity contribution < 1.29 is 19.6 Å². The molecule has 0 fully saturated rings. The van der Waals surface area contributed by atoms with Crippen molar-refractivity contribution in [1.29, 1.82) is 0 Å². The highest BCUT2D eigenvalue weighted by Crippen LogP contribution is 2.28. The predicted molar refractivity (Wildman–Crippen MR) is 77.4 cm³/mol. The molecule has 0 aromatic heterocycles. The standard InChI is InChI=1S/C14H20N2O5/c1-10(2)21-9-4-3-8-15-14(18)11-6-5-7-12(13(11)17)16(19)20/h5-7,10,17H,3-4,8-9H2,1-2H3,(H,15,18). The SMILES string of the molecule is CC(C)OCCCCNC(=O)c1cccc([N+](=O)[O-])c1O. The van der Waals surface area contributed by atoms with Gasteiger partial charge in [0.15, 0.2) is 0 Å². The smallest absolute Gasteiger partial charge is 0.311 e. The van der Waals surface area contributed by atoms with Crippen LogP contribution in [0, 0.1) is 10.1 Å². The van der Waals surface area contributed by atoms with Crippen molar-refractivity contribution in [2.75, 3.05) is 13.2 Å². The van der Waals surface area contributed by atoms with Gasteiger partial charge < -0.3 is 15.2 Å². The number of carbonyl (C=O) groups excluding carboxylic acids is 1. The lowest BCUT2D eigenvalue weighted by Crippen LogP contribution is -2.25. The van der Waals surface area contributed by atoms with E-state index in [1.54, 1.807) is 0 Å². The minimum absolute atomic E-state index is 0.0948. The number of hydrogen-bond donors (Lipinski definition) is 2. The first-order valence-corrected chi connectivity index (χ1v) is 6.79. The van der Waals surface area contributed by atoms with Gasteiger partial charge in [-0.3, -0.25) is 14.9 Å². The molecule has 2 N–H and O–H groups in total. The van der Waals surface area contributed by atoms with E-state index in [4.69, 9.17) is 4.74 Å². The molecule has 0 spiro atoms. The highest BCUT2D eigenvalue weighted by atomic mass is 16.6. The third kappa shape index (κ3) is 5.39. The Bertz CT molecular complexity index is 502. The van der Waals surface area contributed by atoms with E-state index in [1.165, 1.54) is 12.1 Å². The zero-order valence-corrected chi connectivity index (χ0v) is 12.2. The van der Waals surface area contributed by atoms with Gasteiger partial charge >= 0.3 is 5.69 Å². The predicted octanol–water partition coefficient (Wildman–Crippen LogP) is 2.24. The number of ether oxygens (including phenoxy) is 1. The summed E-state index contributed by atoms with van der Waals surface area (Å²) in [4.78, 5) is 21.8. The Labute approximate surface area is 123 Å². The summed E-state index contributed by atoms with van der Waals surface area (Å²) in [7, 11) is 0. The van der Waals surface area contributed by atoms with Crippen LogP contribution in [-0.4, -0.2) is 35.2 Å². The van der Waals surface area contributed by atoms with Crippen molar-refractivity contribution in [2.45, 2.75) is 32.8 Å². The summed E-state index contributed by atoms with van der Waals surface area (Å²) in [6.45, 7) is 4.94. The van der Waals surface area contributed by atoms with Crippen molar-refractivity contribution in [3.05, 3.63) is 33.9 Å². The fourth-order valence-electron chi connectivity index (χ4n) is 1.71. The minimum Gasteiger partial charge on any atom is -0.502 e. The first-order valence-electron chi connectivity index (χ1n) is 6.79. The molecule has 0 aliphatic rings. The molecule has 0 aliphatic carbocycles. The Morgan fingerprint density at radius 2 is 2.14 bits per heavy atom. The van der Waals surface area contributed by atoms with E-state index in [9.17, 15) is 20.0 Å². The number of phenols is 1. The van der Waals surface area contributed by atoms with E-state index in [-0.39, 0.29) is 11.7 Å². The van der Waals surface area contributed by atoms with E-state index in [0.29, 0.717) is 13.2 Å². The number of unbranched alkanes of at least 4 members (excludes halogenated alkanes) is 1. The van der Waals surface area contributed by atoms with Crippen molar-refractivity contribution in [1.82, 2.24) is 5.32 Å². The lowest BCUT2D eigenvalue weighted by atomic mass is 10.1. The number of para-hydroxylation sites is 1. The summed E-state index contributed by atoms with van der Waals surface area (Å²) in [6.07, 6.45) is 1.72. The molecule has 0 radical (unpaired) electrons. The van der Waals surface area contributed by atoms with Crippen LogP contribution in [0.1, 0.15) is 37.0 Å². The van der Waals surface area contributed by atoms with Gasteiger partial charge in [0.1, 0.15) is 0 Å². The number of aromatic hydroxyl groups is 1. The Balaban J connectivity index is 2.46. The maximum Gasteiger partial charge on any atom is 0.311 e. The van der Waals surface area contributed by atoms with Crippen LogP contribution in [-0.2, 0) is 4.74 Å². The van der Waals surface area contributed by atoms with Crippen LogP contribution in [0.3, 0.4) is 0 Å². The van der Waals surface area contributed by atoms with Crippen molar-refractivity contribution in [3.8, 4) is 5.75 Å². The van der Waals surface area contributed by atoms with Crippen LogP contribution in [0.25, 0.3) is 0 Å². The van der Waals surface area contributed by atoms with Gasteiger partial charge in [0.05, 0.1) is 16.6 Å². The van der Waals surface area contributed by atoms with Crippen LogP contribution in [0.15, 0.2) is 18.2 Å². The lowest BCUT2D eigenvalue weighted by Gasteiger charge is -2.08. The van der Waals surface area contributed by atoms with E-state index in [2.05, 4.69) is 5.32 Å². The lowest BCUT2D eigenvalue weighted by molar-refractivity contribution is -0.385. The van der Waals surface area contributed by atoms with Gasteiger partial charge in [0.25, 0.3) is 5.91 Å². The fraction of sp³-hybridized carbons (Fsp3) is 0.500. The second-order valence-electron chi connectivity index (χ2n) is 4.81. The number of rotatable bonds is 8. The molecule has 0 saturated carbocycles. The topological polar surface area (TPSA) is 102 Å². The van der Waals surface area contributed by atoms with Crippen LogP contribution in [0.4, 0.5) is 5.69 Å². The van der Waals surface area contributed by atoms with Crippen LogP contribution in [0.2, 0.25) is 0 Å². The van der Waals surface area contributed by atoms with Gasteiger partial charge in [-0.1, -0.05) is 6.07 Å². The number of nitrogens with zero attached hydrogens (tertiary/aromatic N) is 1. The Hall–Kier alpha value is -2.15. The van der Waals surface area contributed by atoms with Crippen molar-refractivity contribution in [3.63, 3.8) is 0 Å². The van der Waals surface area contributed by atoms with Gasteiger partial charge in [0.2, 0.25) is 5.75 Å². The average Bonchev–Trinajstić information content (AvgIpc) is 2.42. The quantitative estimate of drug-likeness (QED) is 0.435. The number of nitrogens with one attached hydrogen (secondary N) is 1. The summed E-state index contributed by atoms with van der Waals surface area (Å²) in [6, 6.07) is 3.86. The van der Waals surface area contributed by atoms with Gasteiger partial charge in [-0.05, 0) is 32.8 Å². The Kier molecular flexibility index (Phi) is 6.61. The maximum absolute atomic E-state index is 11.9. The number of phenolic OH excluding ortho intramolecular Hbond substituents is 1. The molecule has 21 heavy (non-hydrogen) atoms. The van der Waals surface area contributed by atoms with Gasteiger partial charge in [-0.2, -0.15) is 0 Å². The summed E-state index contributed by atoms with van der Waals surface area (Å²) in [5.74, 6) is -1.14. The summed E-state index contributed by atoms with van der Waals surface area (Å²) < 4.78 is 5.37. The van der Waals surface area contributed by atoms with E-state index in [0.717, 1.165) is 18.9 Å². The average molecular weight is 296 g/mol. The third-order valence-corrected chi connectivity index (χ3v) is 2.76. The van der Waals surface area contributed by atoms with Crippen LogP contribution < -0.4 is 5.32 Å². The highest BCUT2D eigenvalue weighted by molar-refractivity contribution is 5.98. The molecule has 0 heterocycles.